The molecule has 0 atom stereocenters. The van der Waals surface area contributed by atoms with E-state index >= 15 is 0 Å². The quantitative estimate of drug-likeness (QED) is 0.122. The van der Waals surface area contributed by atoms with Crippen molar-refractivity contribution in [3.63, 3.8) is 0 Å². The number of carbonyl (C=O) groups is 3. The van der Waals surface area contributed by atoms with Crippen LogP contribution in [0.3, 0.4) is 0 Å². The highest BCUT2D eigenvalue weighted by Gasteiger charge is 1.99. The van der Waals surface area contributed by atoms with Gasteiger partial charge >= 0.3 is 17.9 Å². The molecule has 33 heavy (non-hydrogen) atoms. The molecule has 0 unspecified atom stereocenters. The highest BCUT2D eigenvalue weighted by atomic mass is 16.4. The highest BCUT2D eigenvalue weighted by molar-refractivity contribution is 5.67. The van der Waals surface area contributed by atoms with Crippen LogP contribution in [0.5, 0.6) is 0 Å². The Morgan fingerprint density at radius 3 is 0.727 bits per heavy atom. The molecule has 0 bridgehead atoms. The van der Waals surface area contributed by atoms with E-state index in [1.54, 1.807) is 0 Å². The fraction of sp³-hybridized carbons (Fsp3) is 0.889. The number of rotatable bonds is 24. The fourth-order valence-electron chi connectivity index (χ4n) is 3.73. The van der Waals surface area contributed by atoms with Gasteiger partial charge < -0.3 is 15.3 Å². The summed E-state index contributed by atoms with van der Waals surface area (Å²) in [6.45, 7) is 2.27. The van der Waals surface area contributed by atoms with Gasteiger partial charge in [-0.05, 0) is 19.3 Å². The smallest absolute Gasteiger partial charge is 0.303 e. The van der Waals surface area contributed by atoms with Crippen molar-refractivity contribution < 1.29 is 29.7 Å². The molecule has 0 heterocycles. The van der Waals surface area contributed by atoms with E-state index in [1.807, 2.05) is 0 Å². The van der Waals surface area contributed by atoms with E-state index in [0.29, 0.717) is 19.3 Å². The molecule has 0 aromatic rings. The number of unbranched alkanes of at least 4 members (excludes halogenated alkanes) is 18. The first-order chi connectivity index (χ1) is 15.9. The predicted octanol–water partition coefficient (Wildman–Crippen LogP) is 8.22. The van der Waals surface area contributed by atoms with Crippen LogP contribution in [0.15, 0.2) is 0 Å². The maximum absolute atomic E-state index is 10.3. The normalized spacial score (nSPS) is 10.5. The van der Waals surface area contributed by atoms with Gasteiger partial charge in [-0.25, -0.2) is 0 Å². The lowest BCUT2D eigenvalue weighted by Gasteiger charge is -2.03. The monoisotopic (exact) mass is 472 g/mol. The largest absolute Gasteiger partial charge is 0.481 e. The van der Waals surface area contributed by atoms with Crippen LogP contribution in [0.25, 0.3) is 0 Å². The lowest BCUT2D eigenvalue weighted by molar-refractivity contribution is -0.138. The summed E-state index contributed by atoms with van der Waals surface area (Å²) >= 11 is 0. The molecule has 0 amide bonds. The summed E-state index contributed by atoms with van der Waals surface area (Å²) in [5.41, 5.74) is 0. The molecular formula is C27H52O6. The summed E-state index contributed by atoms with van der Waals surface area (Å²) < 4.78 is 0. The first-order valence-corrected chi connectivity index (χ1v) is 13.6. The van der Waals surface area contributed by atoms with Gasteiger partial charge in [-0.2, -0.15) is 0 Å². The van der Waals surface area contributed by atoms with Gasteiger partial charge in [0.1, 0.15) is 0 Å². The summed E-state index contributed by atoms with van der Waals surface area (Å²) in [4.78, 5) is 30.5. The minimum absolute atomic E-state index is 0.221. The summed E-state index contributed by atoms with van der Waals surface area (Å²) in [7, 11) is 0. The molecular weight excluding hydrogens is 420 g/mol. The maximum atomic E-state index is 10.3. The molecule has 0 spiro atoms. The van der Waals surface area contributed by atoms with Crippen LogP contribution in [0.4, 0.5) is 0 Å². The van der Waals surface area contributed by atoms with Crippen LogP contribution in [-0.4, -0.2) is 33.2 Å². The molecule has 196 valence electrons. The Bertz CT molecular complexity index is 432. The second kappa shape index (κ2) is 28.4. The molecule has 6 heteroatoms. The molecule has 0 saturated carbocycles. The Morgan fingerprint density at radius 1 is 0.364 bits per heavy atom. The van der Waals surface area contributed by atoms with E-state index in [-0.39, 0.29) is 12.8 Å². The Morgan fingerprint density at radius 2 is 0.545 bits per heavy atom. The van der Waals surface area contributed by atoms with E-state index in [2.05, 4.69) is 6.92 Å². The van der Waals surface area contributed by atoms with Crippen molar-refractivity contribution in [2.45, 2.75) is 155 Å². The van der Waals surface area contributed by atoms with Crippen LogP contribution in [0, 0.1) is 0 Å². The van der Waals surface area contributed by atoms with Crippen LogP contribution < -0.4 is 0 Å². The second-order valence-electron chi connectivity index (χ2n) is 9.15. The Kier molecular flexibility index (Phi) is 28.9. The van der Waals surface area contributed by atoms with E-state index in [0.717, 1.165) is 32.1 Å². The van der Waals surface area contributed by atoms with E-state index in [9.17, 15) is 14.4 Å². The van der Waals surface area contributed by atoms with Crippen molar-refractivity contribution in [3.05, 3.63) is 0 Å². The first kappa shape index (κ1) is 33.6. The molecule has 3 N–H and O–H groups in total. The van der Waals surface area contributed by atoms with E-state index in [4.69, 9.17) is 15.3 Å². The lowest BCUT2D eigenvalue weighted by atomic mass is 10.0. The average molecular weight is 473 g/mol. The van der Waals surface area contributed by atoms with Gasteiger partial charge in [0.25, 0.3) is 0 Å². The number of carboxylic acid groups (broad SMARTS) is 3. The third-order valence-corrected chi connectivity index (χ3v) is 5.78. The van der Waals surface area contributed by atoms with Crippen LogP contribution in [0.1, 0.15) is 155 Å². The minimum Gasteiger partial charge on any atom is -0.481 e. The van der Waals surface area contributed by atoms with Crippen LogP contribution in [-0.2, 0) is 14.4 Å². The standard InChI is InChI=1S/C18H36O2.C9H16O4/c1-2-3-4-5-6-7-8-9-10-11-12-13-14-15-16-17-18(19)20;10-8(11)6-4-2-1-3-5-7-9(12)13/h2-17H2,1H3,(H,19,20);1-7H2,(H,10,11)(H,12,13). The summed E-state index contributed by atoms with van der Waals surface area (Å²) in [6.07, 6.45) is 24.7. The molecule has 0 fully saturated rings. The molecule has 0 radical (unpaired) electrons. The summed E-state index contributed by atoms with van der Waals surface area (Å²) in [5, 5.41) is 25.1. The molecule has 0 aromatic carbocycles. The Hall–Kier alpha value is -1.59. The van der Waals surface area contributed by atoms with Gasteiger partial charge in [0.15, 0.2) is 0 Å². The van der Waals surface area contributed by atoms with Crippen molar-refractivity contribution >= 4 is 17.9 Å². The Balaban J connectivity index is 0. The van der Waals surface area contributed by atoms with Gasteiger partial charge in [-0.3, -0.25) is 14.4 Å². The predicted molar refractivity (Wildman–Crippen MR) is 135 cm³/mol. The van der Waals surface area contributed by atoms with Gasteiger partial charge in [0.05, 0.1) is 0 Å². The van der Waals surface area contributed by atoms with Crippen molar-refractivity contribution in [1.29, 1.82) is 0 Å². The number of carboxylic acids is 3. The van der Waals surface area contributed by atoms with Gasteiger partial charge in [0, 0.05) is 19.3 Å². The second-order valence-corrected chi connectivity index (χ2v) is 9.15. The van der Waals surface area contributed by atoms with Crippen molar-refractivity contribution in [2.24, 2.45) is 0 Å². The van der Waals surface area contributed by atoms with Crippen molar-refractivity contribution in [3.8, 4) is 0 Å². The van der Waals surface area contributed by atoms with Gasteiger partial charge in [-0.1, -0.05) is 116 Å². The maximum Gasteiger partial charge on any atom is 0.303 e. The van der Waals surface area contributed by atoms with Gasteiger partial charge in [-0.15, -0.1) is 0 Å². The number of hydrogen-bond donors (Lipinski definition) is 3. The van der Waals surface area contributed by atoms with E-state index in [1.165, 1.54) is 83.5 Å². The molecule has 0 aliphatic heterocycles. The number of hydrogen-bond acceptors (Lipinski definition) is 3. The molecule has 0 aromatic heterocycles. The lowest BCUT2D eigenvalue weighted by Crippen LogP contribution is -1.95. The topological polar surface area (TPSA) is 112 Å². The average Bonchev–Trinajstić information content (AvgIpc) is 2.75. The van der Waals surface area contributed by atoms with E-state index < -0.39 is 17.9 Å². The molecule has 0 saturated heterocycles. The van der Waals surface area contributed by atoms with Gasteiger partial charge in [0.2, 0.25) is 0 Å². The third-order valence-electron chi connectivity index (χ3n) is 5.78. The first-order valence-electron chi connectivity index (χ1n) is 13.6. The zero-order chi connectivity index (χ0) is 25.0. The summed E-state index contributed by atoms with van der Waals surface area (Å²) in [5.74, 6) is -2.17. The zero-order valence-electron chi connectivity index (χ0n) is 21.3. The fourth-order valence-corrected chi connectivity index (χ4v) is 3.73. The molecule has 0 rings (SSSR count). The van der Waals surface area contributed by atoms with Crippen LogP contribution in [0.2, 0.25) is 0 Å². The molecule has 0 aliphatic carbocycles. The summed E-state index contributed by atoms with van der Waals surface area (Å²) in [6, 6.07) is 0. The minimum atomic E-state index is -0.759. The highest BCUT2D eigenvalue weighted by Crippen LogP contribution is 2.13. The molecule has 0 aliphatic rings. The third kappa shape index (κ3) is 38.0. The molecule has 6 nitrogen and oxygen atoms in total. The van der Waals surface area contributed by atoms with Crippen molar-refractivity contribution in [2.75, 3.05) is 0 Å². The van der Waals surface area contributed by atoms with Crippen molar-refractivity contribution in [1.82, 2.24) is 0 Å². The van der Waals surface area contributed by atoms with Crippen LogP contribution >= 0.6 is 0 Å². The SMILES string of the molecule is CCCCCCCCCCCCCCCCCC(=O)O.O=C(O)CCCCCCCC(=O)O. The number of aliphatic carboxylic acids is 3. The zero-order valence-corrected chi connectivity index (χ0v) is 21.3. The Labute approximate surface area is 202 Å².